The van der Waals surface area contributed by atoms with Crippen LogP contribution >= 0.6 is 0 Å². The van der Waals surface area contributed by atoms with E-state index in [-0.39, 0.29) is 0 Å². The first-order valence-electron chi connectivity index (χ1n) is 11.5. The summed E-state index contributed by atoms with van der Waals surface area (Å²) in [6, 6.07) is 29.3. The maximum absolute atomic E-state index is 5.80. The molecule has 0 saturated carbocycles. The number of ether oxygens (including phenoxy) is 1. The number of unbranched alkanes of at least 4 members (excludes halogenated alkanes) is 3. The van der Waals surface area contributed by atoms with Crippen LogP contribution < -0.4 is 4.74 Å². The van der Waals surface area contributed by atoms with Gasteiger partial charge in [0.1, 0.15) is 5.75 Å². The van der Waals surface area contributed by atoms with Gasteiger partial charge in [0.15, 0.2) is 0 Å². The van der Waals surface area contributed by atoms with Crippen LogP contribution in [0.15, 0.2) is 111 Å². The lowest BCUT2D eigenvalue weighted by molar-refractivity contribution is 0.305. The number of azo groups is 2. The fraction of sp³-hybridized carbons (Fsp3) is 0.214. The van der Waals surface area contributed by atoms with Gasteiger partial charge in [-0.3, -0.25) is 0 Å². The van der Waals surface area contributed by atoms with Gasteiger partial charge < -0.3 is 4.74 Å². The fourth-order valence-electron chi connectivity index (χ4n) is 3.49. The van der Waals surface area contributed by atoms with Crippen LogP contribution in [-0.4, -0.2) is 6.61 Å². The molecule has 0 N–H and O–H groups in total. The molecule has 166 valence electrons. The number of benzene rings is 4. The van der Waals surface area contributed by atoms with Crippen molar-refractivity contribution in [2.24, 2.45) is 20.5 Å². The summed E-state index contributed by atoms with van der Waals surface area (Å²) >= 11 is 0. The Morgan fingerprint density at radius 2 is 1.12 bits per heavy atom. The topological polar surface area (TPSA) is 58.7 Å². The number of hydrogen-bond acceptors (Lipinski definition) is 5. The van der Waals surface area contributed by atoms with Gasteiger partial charge in [0.2, 0.25) is 0 Å². The quantitative estimate of drug-likeness (QED) is 0.180. The summed E-state index contributed by atoms with van der Waals surface area (Å²) in [4.78, 5) is 0. The van der Waals surface area contributed by atoms with Gasteiger partial charge in [0.05, 0.1) is 29.4 Å². The molecule has 5 heteroatoms. The van der Waals surface area contributed by atoms with Gasteiger partial charge in [-0.1, -0.05) is 68.7 Å². The fourth-order valence-corrected chi connectivity index (χ4v) is 3.49. The summed E-state index contributed by atoms with van der Waals surface area (Å²) in [6.07, 6.45) is 4.79. The zero-order valence-corrected chi connectivity index (χ0v) is 18.9. The first-order valence-corrected chi connectivity index (χ1v) is 11.5. The lowest BCUT2D eigenvalue weighted by atomic mass is 10.1. The molecule has 0 aromatic heterocycles. The normalized spacial score (nSPS) is 11.5. The van der Waals surface area contributed by atoms with Crippen molar-refractivity contribution in [3.8, 4) is 5.75 Å². The van der Waals surface area contributed by atoms with E-state index in [1.807, 2.05) is 91.0 Å². The van der Waals surface area contributed by atoms with Crippen molar-refractivity contribution in [3.05, 3.63) is 91.0 Å². The monoisotopic (exact) mass is 436 g/mol. The molecule has 0 heterocycles. The lowest BCUT2D eigenvalue weighted by Gasteiger charge is -2.06. The molecule has 0 bridgehead atoms. The van der Waals surface area contributed by atoms with E-state index in [0.717, 1.165) is 52.3 Å². The third-order valence-electron chi connectivity index (χ3n) is 5.28. The van der Waals surface area contributed by atoms with E-state index in [9.17, 15) is 0 Å². The van der Waals surface area contributed by atoms with E-state index < -0.39 is 0 Å². The molecule has 0 aliphatic carbocycles. The Morgan fingerprint density at radius 1 is 0.545 bits per heavy atom. The summed E-state index contributed by atoms with van der Waals surface area (Å²) in [5, 5.41) is 19.7. The average molecular weight is 437 g/mol. The molecular weight excluding hydrogens is 408 g/mol. The zero-order valence-electron chi connectivity index (χ0n) is 18.9. The predicted molar refractivity (Wildman–Crippen MR) is 135 cm³/mol. The molecule has 33 heavy (non-hydrogen) atoms. The minimum absolute atomic E-state index is 0.751. The Hall–Kier alpha value is -3.86. The average Bonchev–Trinajstić information content (AvgIpc) is 2.87. The zero-order chi connectivity index (χ0) is 22.7. The second-order valence-corrected chi connectivity index (χ2v) is 7.79. The Labute approximate surface area is 194 Å². The molecular formula is C28H28N4O. The molecule has 0 atom stereocenters. The summed E-state index contributed by atoms with van der Waals surface area (Å²) in [5.41, 5.74) is 3.19. The second kappa shape index (κ2) is 11.7. The van der Waals surface area contributed by atoms with Gasteiger partial charge in [-0.05, 0) is 55.0 Å². The van der Waals surface area contributed by atoms with Crippen molar-refractivity contribution in [1.29, 1.82) is 0 Å². The van der Waals surface area contributed by atoms with E-state index in [0.29, 0.717) is 0 Å². The molecule has 0 fully saturated rings. The van der Waals surface area contributed by atoms with E-state index in [4.69, 9.17) is 4.74 Å². The molecule has 0 spiro atoms. The molecule has 4 aromatic carbocycles. The molecule has 4 rings (SSSR count). The first kappa shape index (κ1) is 22.3. The molecule has 0 saturated heterocycles. The van der Waals surface area contributed by atoms with E-state index in [1.165, 1.54) is 19.3 Å². The molecule has 0 amide bonds. The van der Waals surface area contributed by atoms with Crippen LogP contribution in [0, 0.1) is 0 Å². The van der Waals surface area contributed by atoms with Gasteiger partial charge in [-0.25, -0.2) is 0 Å². The van der Waals surface area contributed by atoms with Crippen molar-refractivity contribution >= 4 is 33.5 Å². The van der Waals surface area contributed by atoms with Crippen molar-refractivity contribution in [3.63, 3.8) is 0 Å². The minimum atomic E-state index is 0.751. The summed E-state index contributed by atoms with van der Waals surface area (Å²) in [5.74, 6) is 0.865. The molecule has 0 radical (unpaired) electrons. The molecule has 0 unspecified atom stereocenters. The number of rotatable bonds is 10. The highest BCUT2D eigenvalue weighted by atomic mass is 16.5. The summed E-state index contributed by atoms with van der Waals surface area (Å²) in [7, 11) is 0. The van der Waals surface area contributed by atoms with Crippen LogP contribution in [0.25, 0.3) is 10.8 Å². The number of fused-ring (bicyclic) bond motifs is 1. The van der Waals surface area contributed by atoms with Crippen molar-refractivity contribution in [1.82, 2.24) is 0 Å². The number of hydrogen-bond donors (Lipinski definition) is 0. The van der Waals surface area contributed by atoms with E-state index in [1.54, 1.807) is 0 Å². The Bertz CT molecular complexity index is 1220. The minimum Gasteiger partial charge on any atom is -0.494 e. The SMILES string of the molecule is CCCCCCOc1ccc(N=Nc2ccc(N=Nc3ccccc3)c3ccccc23)cc1. The van der Waals surface area contributed by atoms with Crippen LogP contribution in [-0.2, 0) is 0 Å². The van der Waals surface area contributed by atoms with Crippen LogP contribution in [0.5, 0.6) is 5.75 Å². The lowest BCUT2D eigenvalue weighted by Crippen LogP contribution is -1.96. The third kappa shape index (κ3) is 6.32. The molecule has 5 nitrogen and oxygen atoms in total. The van der Waals surface area contributed by atoms with Gasteiger partial charge in [0, 0.05) is 10.8 Å². The van der Waals surface area contributed by atoms with E-state index >= 15 is 0 Å². The first-order chi connectivity index (χ1) is 16.3. The highest BCUT2D eigenvalue weighted by Crippen LogP contribution is 2.35. The third-order valence-corrected chi connectivity index (χ3v) is 5.28. The van der Waals surface area contributed by atoms with E-state index in [2.05, 4.69) is 27.4 Å². The Morgan fingerprint density at radius 3 is 1.73 bits per heavy atom. The largest absolute Gasteiger partial charge is 0.494 e. The van der Waals surface area contributed by atoms with Crippen LogP contribution in [0.2, 0.25) is 0 Å². The predicted octanol–water partition coefficient (Wildman–Crippen LogP) is 9.63. The summed E-state index contributed by atoms with van der Waals surface area (Å²) < 4.78 is 5.80. The second-order valence-electron chi connectivity index (χ2n) is 7.79. The maximum atomic E-state index is 5.80. The standard InChI is InChI=1S/C28H28N4O/c1-2-3-4-10-21-33-24-17-15-23(16-18-24)30-32-28-20-19-27(25-13-8-9-14-26(25)28)31-29-22-11-6-5-7-12-22/h5-9,11-20H,2-4,10,21H2,1H3. The molecule has 0 aliphatic heterocycles. The van der Waals surface area contributed by atoms with Gasteiger partial charge >= 0.3 is 0 Å². The molecule has 0 aliphatic rings. The highest BCUT2D eigenvalue weighted by Gasteiger charge is 2.05. The van der Waals surface area contributed by atoms with Crippen molar-refractivity contribution < 1.29 is 4.74 Å². The number of nitrogens with zero attached hydrogens (tertiary/aromatic N) is 4. The van der Waals surface area contributed by atoms with Gasteiger partial charge in [-0.15, -0.1) is 10.2 Å². The summed E-state index contributed by atoms with van der Waals surface area (Å²) in [6.45, 7) is 2.96. The van der Waals surface area contributed by atoms with Crippen LogP contribution in [0.3, 0.4) is 0 Å². The van der Waals surface area contributed by atoms with Crippen LogP contribution in [0.4, 0.5) is 22.7 Å². The Balaban J connectivity index is 1.47. The van der Waals surface area contributed by atoms with Gasteiger partial charge in [0.25, 0.3) is 0 Å². The van der Waals surface area contributed by atoms with Gasteiger partial charge in [-0.2, -0.15) is 10.2 Å². The smallest absolute Gasteiger partial charge is 0.119 e. The highest BCUT2D eigenvalue weighted by molar-refractivity contribution is 5.99. The van der Waals surface area contributed by atoms with Crippen LogP contribution in [0.1, 0.15) is 32.6 Å². The Kier molecular flexibility index (Phi) is 7.90. The van der Waals surface area contributed by atoms with Crippen molar-refractivity contribution in [2.75, 3.05) is 6.61 Å². The molecule has 4 aromatic rings. The van der Waals surface area contributed by atoms with Crippen molar-refractivity contribution in [2.45, 2.75) is 32.6 Å². The maximum Gasteiger partial charge on any atom is 0.119 e.